The number of ether oxygens (including phenoxy) is 1. The minimum absolute atomic E-state index is 0.0849. The molecule has 1 atom stereocenters. The van der Waals surface area contributed by atoms with E-state index in [1.165, 1.54) is 63.5 Å². The number of halogens is 1. The Hall–Kier alpha value is -3.01. The maximum absolute atomic E-state index is 14.1. The molecular formula is C27H32FN5O2S. The second-order valence-electron chi connectivity index (χ2n) is 9.39. The molecule has 1 unspecified atom stereocenters. The van der Waals surface area contributed by atoms with Gasteiger partial charge in [-0.3, -0.25) is 9.69 Å². The molecule has 7 nitrogen and oxygen atoms in total. The maximum Gasteiger partial charge on any atom is 0.206 e. The molecule has 0 spiro atoms. The van der Waals surface area contributed by atoms with Gasteiger partial charge in [0.05, 0.1) is 7.11 Å². The Balaban J connectivity index is 1.28. The standard InChI is InChI=1S/C27H32FN5O2S/c1-35-23-10-7-18(16-21(23)28)24(34)25-26(29)32-27(36-25)31-19-8-5-17(6-9-19)22-4-2-3-15-33(22)20-11-13-30-14-12-20/h5-10,16,20,22,30H,2-4,11-15,29H2,1H3,(H,31,32). The highest BCUT2D eigenvalue weighted by atomic mass is 32.1. The molecule has 2 aromatic carbocycles. The predicted octanol–water partition coefficient (Wildman–Crippen LogP) is 5.13. The molecule has 0 radical (unpaired) electrons. The average molecular weight is 510 g/mol. The first kappa shape index (κ1) is 24.7. The van der Waals surface area contributed by atoms with E-state index in [2.05, 4.69) is 44.8 Å². The zero-order valence-corrected chi connectivity index (χ0v) is 21.2. The topological polar surface area (TPSA) is 92.5 Å². The third-order valence-electron chi connectivity index (χ3n) is 7.14. The lowest BCUT2D eigenvalue weighted by atomic mass is 9.91. The zero-order chi connectivity index (χ0) is 25.1. The number of nitrogens with zero attached hydrogens (tertiary/aromatic N) is 2. The van der Waals surface area contributed by atoms with Crippen molar-refractivity contribution in [1.29, 1.82) is 0 Å². The zero-order valence-electron chi connectivity index (χ0n) is 20.4. The number of hydrogen-bond donors (Lipinski definition) is 3. The molecule has 9 heteroatoms. The summed E-state index contributed by atoms with van der Waals surface area (Å²) in [6.07, 6.45) is 6.16. The average Bonchev–Trinajstić information content (AvgIpc) is 3.28. The SMILES string of the molecule is COc1ccc(C(=O)c2sc(Nc3ccc(C4CCCCN4C4CCNCC4)cc3)nc2N)cc1F. The minimum atomic E-state index is -0.596. The van der Waals surface area contributed by atoms with E-state index in [0.29, 0.717) is 17.2 Å². The number of aromatic nitrogens is 1. The van der Waals surface area contributed by atoms with Gasteiger partial charge in [-0.2, -0.15) is 0 Å². The molecule has 0 amide bonds. The van der Waals surface area contributed by atoms with Gasteiger partial charge in [0.1, 0.15) is 10.7 Å². The van der Waals surface area contributed by atoms with Crippen molar-refractivity contribution in [3.05, 3.63) is 64.3 Å². The van der Waals surface area contributed by atoms with Crippen LogP contribution in [0.4, 0.5) is 21.0 Å². The van der Waals surface area contributed by atoms with E-state index in [4.69, 9.17) is 10.5 Å². The number of carbonyl (C=O) groups excluding carboxylic acids is 1. The van der Waals surface area contributed by atoms with Crippen LogP contribution >= 0.6 is 11.3 Å². The van der Waals surface area contributed by atoms with Crippen LogP contribution in [-0.4, -0.2) is 48.5 Å². The van der Waals surface area contributed by atoms with Crippen molar-refractivity contribution < 1.29 is 13.9 Å². The number of ketones is 1. The van der Waals surface area contributed by atoms with Crippen molar-refractivity contribution in [2.24, 2.45) is 0 Å². The molecule has 4 N–H and O–H groups in total. The van der Waals surface area contributed by atoms with E-state index < -0.39 is 5.82 Å². The van der Waals surface area contributed by atoms with E-state index in [1.54, 1.807) is 0 Å². The number of anilines is 3. The van der Waals surface area contributed by atoms with Gasteiger partial charge in [-0.05, 0) is 81.2 Å². The Morgan fingerprint density at radius 1 is 1.17 bits per heavy atom. The van der Waals surface area contributed by atoms with E-state index in [-0.39, 0.29) is 27.8 Å². The lowest BCUT2D eigenvalue weighted by Crippen LogP contribution is -2.46. The molecule has 0 saturated carbocycles. The fraction of sp³-hybridized carbons (Fsp3) is 0.407. The van der Waals surface area contributed by atoms with Crippen LogP contribution in [-0.2, 0) is 0 Å². The molecule has 0 bridgehead atoms. The van der Waals surface area contributed by atoms with E-state index in [1.807, 2.05) is 0 Å². The summed E-state index contributed by atoms with van der Waals surface area (Å²) >= 11 is 1.16. The Morgan fingerprint density at radius 2 is 1.94 bits per heavy atom. The van der Waals surface area contributed by atoms with Crippen molar-refractivity contribution in [2.45, 2.75) is 44.2 Å². The van der Waals surface area contributed by atoms with Gasteiger partial charge in [-0.25, -0.2) is 9.37 Å². The second-order valence-corrected chi connectivity index (χ2v) is 10.4. The molecule has 5 rings (SSSR count). The fourth-order valence-electron chi connectivity index (χ4n) is 5.29. The first-order valence-electron chi connectivity index (χ1n) is 12.5. The Morgan fingerprint density at radius 3 is 2.67 bits per heavy atom. The molecule has 3 aromatic rings. The number of nitrogens with two attached hydrogens (primary N) is 1. The normalized spacial score (nSPS) is 19.2. The monoisotopic (exact) mass is 509 g/mol. The summed E-state index contributed by atoms with van der Waals surface area (Å²) in [6, 6.07) is 13.7. The summed E-state index contributed by atoms with van der Waals surface area (Å²) in [5, 5.41) is 7.26. The summed E-state index contributed by atoms with van der Waals surface area (Å²) < 4.78 is 19.0. The number of nitrogen functional groups attached to an aromatic ring is 1. The third-order valence-corrected chi connectivity index (χ3v) is 8.13. The van der Waals surface area contributed by atoms with Crippen LogP contribution in [0.25, 0.3) is 0 Å². The number of benzene rings is 2. The van der Waals surface area contributed by atoms with Gasteiger partial charge in [0.2, 0.25) is 5.78 Å². The highest BCUT2D eigenvalue weighted by Gasteiger charge is 2.30. The lowest BCUT2D eigenvalue weighted by Gasteiger charge is -2.43. The first-order valence-corrected chi connectivity index (χ1v) is 13.3. The van der Waals surface area contributed by atoms with Crippen molar-refractivity contribution in [3.63, 3.8) is 0 Å². The van der Waals surface area contributed by atoms with Gasteiger partial charge >= 0.3 is 0 Å². The number of nitrogens with one attached hydrogen (secondary N) is 2. The van der Waals surface area contributed by atoms with Gasteiger partial charge in [-0.1, -0.05) is 29.9 Å². The van der Waals surface area contributed by atoms with Crippen LogP contribution in [0.2, 0.25) is 0 Å². The fourth-order valence-corrected chi connectivity index (χ4v) is 6.15. The number of thiazole rings is 1. The Bertz CT molecular complexity index is 1210. The summed E-state index contributed by atoms with van der Waals surface area (Å²) in [7, 11) is 1.38. The summed E-state index contributed by atoms with van der Waals surface area (Å²) in [5.41, 5.74) is 8.47. The minimum Gasteiger partial charge on any atom is -0.494 e. The molecule has 2 fully saturated rings. The molecule has 0 aliphatic carbocycles. The molecule has 36 heavy (non-hydrogen) atoms. The molecule has 2 aliphatic heterocycles. The first-order chi connectivity index (χ1) is 17.5. The van der Waals surface area contributed by atoms with Crippen LogP contribution in [0, 0.1) is 5.82 Å². The summed E-state index contributed by atoms with van der Waals surface area (Å²) in [6.45, 7) is 3.37. The Kier molecular flexibility index (Phi) is 7.50. The number of rotatable bonds is 7. The van der Waals surface area contributed by atoms with Crippen LogP contribution in [0.15, 0.2) is 42.5 Å². The van der Waals surface area contributed by atoms with E-state index >= 15 is 0 Å². The lowest BCUT2D eigenvalue weighted by molar-refractivity contribution is 0.0760. The molecular weight excluding hydrogens is 477 g/mol. The quantitative estimate of drug-likeness (QED) is 0.381. The van der Waals surface area contributed by atoms with E-state index in [9.17, 15) is 9.18 Å². The van der Waals surface area contributed by atoms with Crippen molar-refractivity contribution in [1.82, 2.24) is 15.2 Å². The number of likely N-dealkylation sites (tertiary alicyclic amines) is 1. The van der Waals surface area contributed by atoms with Gasteiger partial charge in [0.15, 0.2) is 16.7 Å². The smallest absolute Gasteiger partial charge is 0.206 e. The van der Waals surface area contributed by atoms with Crippen LogP contribution in [0.3, 0.4) is 0 Å². The number of methoxy groups -OCH3 is 1. The van der Waals surface area contributed by atoms with Gasteiger partial charge in [0, 0.05) is 23.3 Å². The van der Waals surface area contributed by atoms with Crippen LogP contribution in [0.5, 0.6) is 5.75 Å². The van der Waals surface area contributed by atoms with E-state index in [0.717, 1.165) is 36.2 Å². The van der Waals surface area contributed by atoms with Crippen LogP contribution in [0.1, 0.15) is 58.9 Å². The Labute approximate surface area is 214 Å². The van der Waals surface area contributed by atoms with Gasteiger partial charge < -0.3 is 21.1 Å². The van der Waals surface area contributed by atoms with Crippen molar-refractivity contribution >= 4 is 33.8 Å². The number of hydrogen-bond acceptors (Lipinski definition) is 8. The van der Waals surface area contributed by atoms with Gasteiger partial charge in [0.25, 0.3) is 0 Å². The highest BCUT2D eigenvalue weighted by molar-refractivity contribution is 7.18. The molecule has 2 aliphatic rings. The molecule has 190 valence electrons. The molecule has 2 saturated heterocycles. The molecule has 1 aromatic heterocycles. The van der Waals surface area contributed by atoms with Crippen molar-refractivity contribution in [2.75, 3.05) is 37.8 Å². The van der Waals surface area contributed by atoms with Gasteiger partial charge in [-0.15, -0.1) is 0 Å². The number of carbonyl (C=O) groups is 1. The summed E-state index contributed by atoms with van der Waals surface area (Å²) in [4.78, 5) is 20.2. The highest BCUT2D eigenvalue weighted by Crippen LogP contribution is 2.36. The number of piperidine rings is 2. The second kappa shape index (κ2) is 10.9. The molecule has 3 heterocycles. The maximum atomic E-state index is 14.1. The third kappa shape index (κ3) is 5.23. The van der Waals surface area contributed by atoms with Crippen LogP contribution < -0.4 is 21.1 Å². The largest absolute Gasteiger partial charge is 0.494 e. The van der Waals surface area contributed by atoms with Crippen molar-refractivity contribution in [3.8, 4) is 5.75 Å². The summed E-state index contributed by atoms with van der Waals surface area (Å²) in [5.74, 6) is -0.756. The predicted molar refractivity (Wildman–Crippen MR) is 142 cm³/mol.